The molecule has 0 aromatic heterocycles. The Bertz CT molecular complexity index is 1070. The predicted octanol–water partition coefficient (Wildman–Crippen LogP) is 0.983. The van der Waals surface area contributed by atoms with Gasteiger partial charge in [0.05, 0.1) is 11.0 Å². The molecule has 0 aliphatic carbocycles. The molecule has 9 heteroatoms. The molecule has 9 nitrogen and oxygen atoms in total. The first-order valence-electron chi connectivity index (χ1n) is 8.61. The van der Waals surface area contributed by atoms with Crippen LogP contribution in [0.15, 0.2) is 48.5 Å². The lowest BCUT2D eigenvalue weighted by atomic mass is 10.1. The summed E-state index contributed by atoms with van der Waals surface area (Å²) in [4.78, 5) is 33.9. The number of rotatable bonds is 5. The molecule has 0 unspecified atom stereocenters. The molecule has 0 saturated heterocycles. The Kier molecular flexibility index (Phi) is 7.66. The van der Waals surface area contributed by atoms with Crippen LogP contribution in [-0.2, 0) is 4.79 Å². The highest BCUT2D eigenvalue weighted by Crippen LogP contribution is 2.11. The van der Waals surface area contributed by atoms with Crippen LogP contribution in [0.25, 0.3) is 0 Å². The SMILES string of the molecule is C[C@@H](O)[C@H](NC(=O)c1ccc(C#CC#Cc2cccc([N+](=O)[O-])c2)cc1)C(=O)NO. The van der Waals surface area contributed by atoms with Crippen molar-refractivity contribution in [3.8, 4) is 23.7 Å². The molecule has 0 spiro atoms. The fourth-order valence-corrected chi connectivity index (χ4v) is 2.31. The van der Waals surface area contributed by atoms with Crippen LogP contribution in [0.2, 0.25) is 0 Å². The van der Waals surface area contributed by atoms with Gasteiger partial charge >= 0.3 is 0 Å². The standard InChI is InChI=1S/C21H17N3O6/c1-14(25)19(21(27)23-28)22-20(26)17-11-9-15(10-12-17)5-2-3-6-16-7-4-8-18(13-16)24(29)30/h4,7-14,19,25,28H,1H3,(H,22,26)(H,23,27)/t14-,19+/m1/s1. The molecule has 0 aliphatic heterocycles. The zero-order valence-corrected chi connectivity index (χ0v) is 15.7. The van der Waals surface area contributed by atoms with Crippen molar-refractivity contribution in [1.82, 2.24) is 10.8 Å². The van der Waals surface area contributed by atoms with Crippen LogP contribution < -0.4 is 10.8 Å². The number of hydrogen-bond donors (Lipinski definition) is 4. The van der Waals surface area contributed by atoms with Crippen LogP contribution >= 0.6 is 0 Å². The second-order valence-electron chi connectivity index (χ2n) is 6.05. The maximum atomic E-state index is 12.2. The molecule has 152 valence electrons. The average Bonchev–Trinajstić information content (AvgIpc) is 2.74. The van der Waals surface area contributed by atoms with Gasteiger partial charge in [0.15, 0.2) is 0 Å². The number of amides is 2. The van der Waals surface area contributed by atoms with Crippen LogP contribution in [0.3, 0.4) is 0 Å². The van der Waals surface area contributed by atoms with Gasteiger partial charge in [-0.05, 0) is 49.1 Å². The van der Waals surface area contributed by atoms with Crippen LogP contribution in [0.1, 0.15) is 28.4 Å². The summed E-state index contributed by atoms with van der Waals surface area (Å²) in [5, 5.41) is 31.3. The predicted molar refractivity (Wildman–Crippen MR) is 106 cm³/mol. The summed E-state index contributed by atoms with van der Waals surface area (Å²) in [6.07, 6.45) is -1.21. The topological polar surface area (TPSA) is 142 Å². The number of hydrogen-bond acceptors (Lipinski definition) is 6. The van der Waals surface area contributed by atoms with E-state index in [1.165, 1.54) is 42.7 Å². The summed E-state index contributed by atoms with van der Waals surface area (Å²) >= 11 is 0. The molecular formula is C21H17N3O6. The van der Waals surface area contributed by atoms with E-state index >= 15 is 0 Å². The largest absolute Gasteiger partial charge is 0.391 e. The third-order valence-corrected chi connectivity index (χ3v) is 3.84. The first-order chi connectivity index (χ1) is 14.3. The van der Waals surface area contributed by atoms with Gasteiger partial charge in [0.1, 0.15) is 6.04 Å². The summed E-state index contributed by atoms with van der Waals surface area (Å²) in [6, 6.07) is 10.7. The summed E-state index contributed by atoms with van der Waals surface area (Å²) in [5.41, 5.74) is 2.58. The zero-order valence-electron chi connectivity index (χ0n) is 15.7. The number of non-ortho nitro benzene ring substituents is 1. The summed E-state index contributed by atoms with van der Waals surface area (Å²) in [6.45, 7) is 1.30. The lowest BCUT2D eigenvalue weighted by Gasteiger charge is -2.19. The minimum Gasteiger partial charge on any atom is -0.391 e. The highest BCUT2D eigenvalue weighted by molar-refractivity contribution is 5.97. The highest BCUT2D eigenvalue weighted by atomic mass is 16.6. The van der Waals surface area contributed by atoms with Crippen LogP contribution in [0, 0.1) is 33.8 Å². The number of hydroxylamine groups is 1. The summed E-state index contributed by atoms with van der Waals surface area (Å²) < 4.78 is 0. The van der Waals surface area contributed by atoms with E-state index in [1.807, 2.05) is 0 Å². The van der Waals surface area contributed by atoms with Gasteiger partial charge in [0.2, 0.25) is 0 Å². The van der Waals surface area contributed by atoms with Crippen molar-refractivity contribution in [2.45, 2.75) is 19.1 Å². The monoisotopic (exact) mass is 407 g/mol. The van der Waals surface area contributed by atoms with E-state index in [0.717, 1.165) is 0 Å². The van der Waals surface area contributed by atoms with Crippen molar-refractivity contribution in [2.75, 3.05) is 0 Å². The second-order valence-corrected chi connectivity index (χ2v) is 6.05. The van der Waals surface area contributed by atoms with E-state index in [4.69, 9.17) is 5.21 Å². The normalized spacial score (nSPS) is 11.6. The van der Waals surface area contributed by atoms with Crippen LogP contribution in [0.5, 0.6) is 0 Å². The van der Waals surface area contributed by atoms with Gasteiger partial charge in [0, 0.05) is 28.8 Å². The molecule has 0 bridgehead atoms. The Balaban J connectivity index is 2.06. The van der Waals surface area contributed by atoms with Crippen molar-refractivity contribution in [3.05, 3.63) is 75.3 Å². The maximum absolute atomic E-state index is 12.2. The van der Waals surface area contributed by atoms with Crippen molar-refractivity contribution >= 4 is 17.5 Å². The van der Waals surface area contributed by atoms with Crippen LogP contribution in [-0.4, -0.2) is 39.2 Å². The van der Waals surface area contributed by atoms with Crippen molar-refractivity contribution in [2.24, 2.45) is 0 Å². The number of nitrogens with one attached hydrogen (secondary N) is 2. The van der Waals surface area contributed by atoms with E-state index in [2.05, 4.69) is 29.0 Å². The molecule has 2 rings (SSSR count). The molecule has 0 fully saturated rings. The molecule has 4 N–H and O–H groups in total. The van der Waals surface area contributed by atoms with Crippen LogP contribution in [0.4, 0.5) is 5.69 Å². The number of nitro benzene ring substituents is 1. The van der Waals surface area contributed by atoms with Crippen molar-refractivity contribution < 1.29 is 24.8 Å². The number of aliphatic hydroxyl groups excluding tert-OH is 1. The summed E-state index contributed by atoms with van der Waals surface area (Å²) in [5.74, 6) is 9.16. The molecule has 0 aliphatic rings. The average molecular weight is 407 g/mol. The Labute approximate surface area is 171 Å². The van der Waals surface area contributed by atoms with E-state index in [1.54, 1.807) is 18.2 Å². The lowest BCUT2D eigenvalue weighted by molar-refractivity contribution is -0.384. The third-order valence-electron chi connectivity index (χ3n) is 3.84. The first-order valence-corrected chi connectivity index (χ1v) is 8.61. The number of carbonyl (C=O) groups excluding carboxylic acids is 2. The minimum absolute atomic E-state index is 0.0575. The Morgan fingerprint density at radius 2 is 1.70 bits per heavy atom. The number of nitrogens with zero attached hydrogens (tertiary/aromatic N) is 1. The van der Waals surface area contributed by atoms with Gasteiger partial charge in [0.25, 0.3) is 17.5 Å². The third kappa shape index (κ3) is 6.17. The van der Waals surface area contributed by atoms with Gasteiger partial charge in [-0.25, -0.2) is 5.48 Å². The fraction of sp³-hybridized carbons (Fsp3) is 0.143. The number of carbonyl (C=O) groups is 2. The fourth-order valence-electron chi connectivity index (χ4n) is 2.31. The van der Waals surface area contributed by atoms with E-state index < -0.39 is 28.9 Å². The first kappa shape index (κ1) is 22.1. The molecule has 0 saturated carbocycles. The van der Waals surface area contributed by atoms with E-state index in [0.29, 0.717) is 11.1 Å². The molecule has 0 heterocycles. The molecule has 2 aromatic carbocycles. The Morgan fingerprint density at radius 3 is 2.27 bits per heavy atom. The quantitative estimate of drug-likeness (QED) is 0.252. The maximum Gasteiger partial charge on any atom is 0.270 e. The Morgan fingerprint density at radius 1 is 1.07 bits per heavy atom. The van der Waals surface area contributed by atoms with Gasteiger partial charge in [-0.2, -0.15) is 0 Å². The van der Waals surface area contributed by atoms with Gasteiger partial charge < -0.3 is 10.4 Å². The lowest BCUT2D eigenvalue weighted by Crippen LogP contribution is -2.51. The number of aliphatic hydroxyl groups is 1. The Hall–Kier alpha value is -4.18. The molecule has 2 aromatic rings. The molecule has 2 atom stereocenters. The second kappa shape index (κ2) is 10.4. The minimum atomic E-state index is -1.31. The zero-order chi connectivity index (χ0) is 22.1. The highest BCUT2D eigenvalue weighted by Gasteiger charge is 2.25. The van der Waals surface area contributed by atoms with Gasteiger partial charge in [-0.3, -0.25) is 24.9 Å². The smallest absolute Gasteiger partial charge is 0.270 e. The molecule has 2 amide bonds. The molecular weight excluding hydrogens is 390 g/mol. The molecule has 30 heavy (non-hydrogen) atoms. The molecule has 0 radical (unpaired) electrons. The van der Waals surface area contributed by atoms with Crippen molar-refractivity contribution in [1.29, 1.82) is 0 Å². The summed E-state index contributed by atoms with van der Waals surface area (Å²) in [7, 11) is 0. The number of benzene rings is 2. The van der Waals surface area contributed by atoms with E-state index in [9.17, 15) is 24.8 Å². The van der Waals surface area contributed by atoms with Gasteiger partial charge in [-0.15, -0.1) is 0 Å². The number of nitro groups is 1. The van der Waals surface area contributed by atoms with E-state index in [-0.39, 0.29) is 11.3 Å². The van der Waals surface area contributed by atoms with Gasteiger partial charge in [-0.1, -0.05) is 17.9 Å². The van der Waals surface area contributed by atoms with Crippen molar-refractivity contribution in [3.63, 3.8) is 0 Å².